The molecule has 110 valence electrons. The van der Waals surface area contributed by atoms with E-state index in [-0.39, 0.29) is 24.7 Å². The second kappa shape index (κ2) is 6.69. The number of nitro groups is 1. The van der Waals surface area contributed by atoms with Crippen LogP contribution in [-0.2, 0) is 9.53 Å². The highest BCUT2D eigenvalue weighted by Gasteiger charge is 2.16. The zero-order valence-electron chi connectivity index (χ0n) is 11.5. The fraction of sp³-hybridized carbons (Fsp3) is 0.462. The molecule has 1 rings (SSSR count). The molecule has 0 saturated heterocycles. The third-order valence-corrected chi connectivity index (χ3v) is 2.76. The summed E-state index contributed by atoms with van der Waals surface area (Å²) in [5.41, 5.74) is -0.608. The van der Waals surface area contributed by atoms with Crippen LogP contribution < -0.4 is 4.74 Å². The van der Waals surface area contributed by atoms with Gasteiger partial charge < -0.3 is 9.47 Å². The zero-order chi connectivity index (χ0) is 15.3. The number of carbonyl (C=O) groups excluding carboxylic acids is 1. The molecule has 20 heavy (non-hydrogen) atoms. The van der Waals surface area contributed by atoms with Crippen LogP contribution in [0.1, 0.15) is 27.2 Å². The Kier molecular flexibility index (Phi) is 5.50. The molecule has 1 aromatic carbocycles. The fourth-order valence-electron chi connectivity index (χ4n) is 1.35. The first-order valence-corrected chi connectivity index (χ1v) is 6.77. The average molecular weight is 346 g/mol. The van der Waals surface area contributed by atoms with Gasteiger partial charge in [-0.3, -0.25) is 14.9 Å². The van der Waals surface area contributed by atoms with Gasteiger partial charge in [-0.15, -0.1) is 0 Å². The fourth-order valence-corrected chi connectivity index (χ4v) is 1.71. The van der Waals surface area contributed by atoms with Crippen LogP contribution in [0.2, 0.25) is 0 Å². The number of hydrogen-bond acceptors (Lipinski definition) is 5. The van der Waals surface area contributed by atoms with E-state index in [2.05, 4.69) is 15.9 Å². The van der Waals surface area contributed by atoms with Crippen LogP contribution in [0.3, 0.4) is 0 Å². The van der Waals surface area contributed by atoms with Crippen molar-refractivity contribution in [1.29, 1.82) is 0 Å². The Hall–Kier alpha value is -1.63. The first-order chi connectivity index (χ1) is 9.19. The lowest BCUT2D eigenvalue weighted by Crippen LogP contribution is -2.24. The molecule has 0 amide bonds. The maximum Gasteiger partial charge on any atom is 0.309 e. The molecule has 0 saturated carbocycles. The predicted molar refractivity (Wildman–Crippen MR) is 76.8 cm³/mol. The molecule has 0 radical (unpaired) electrons. The summed E-state index contributed by atoms with van der Waals surface area (Å²) in [6.45, 7) is 5.43. The Morgan fingerprint density at radius 3 is 2.60 bits per heavy atom. The number of halogens is 1. The summed E-state index contributed by atoms with van der Waals surface area (Å²) in [6, 6.07) is 4.20. The lowest BCUT2D eigenvalue weighted by atomic mass is 10.2. The minimum absolute atomic E-state index is 0.0690. The molecule has 0 unspecified atom stereocenters. The standard InChI is InChI=1S/C13H16BrNO5/c1-13(2,3)20-12(16)6-7-19-11-8-9(15(17)18)4-5-10(11)14/h4-5,8H,6-7H2,1-3H3. The van der Waals surface area contributed by atoms with Crippen LogP contribution in [0, 0.1) is 10.1 Å². The number of non-ortho nitro benzene ring substituents is 1. The third kappa shape index (κ3) is 5.56. The summed E-state index contributed by atoms with van der Waals surface area (Å²) in [4.78, 5) is 21.6. The van der Waals surface area contributed by atoms with Crippen molar-refractivity contribution < 1.29 is 19.2 Å². The second-order valence-corrected chi connectivity index (χ2v) is 5.91. The van der Waals surface area contributed by atoms with E-state index in [4.69, 9.17) is 9.47 Å². The van der Waals surface area contributed by atoms with Crippen molar-refractivity contribution in [2.45, 2.75) is 32.8 Å². The largest absolute Gasteiger partial charge is 0.492 e. The van der Waals surface area contributed by atoms with Gasteiger partial charge in [-0.05, 0) is 42.8 Å². The second-order valence-electron chi connectivity index (χ2n) is 5.06. The predicted octanol–water partition coefficient (Wildman–Crippen LogP) is 3.47. The van der Waals surface area contributed by atoms with Crippen molar-refractivity contribution in [2.75, 3.05) is 6.61 Å². The number of nitrogens with zero attached hydrogens (tertiary/aromatic N) is 1. The number of benzene rings is 1. The Morgan fingerprint density at radius 1 is 1.40 bits per heavy atom. The molecular formula is C13H16BrNO5. The van der Waals surface area contributed by atoms with Crippen LogP contribution in [0.15, 0.2) is 22.7 Å². The van der Waals surface area contributed by atoms with Crippen molar-refractivity contribution in [3.8, 4) is 5.75 Å². The number of ether oxygens (including phenoxy) is 2. The summed E-state index contributed by atoms with van der Waals surface area (Å²) in [5.74, 6) is -0.0539. The molecule has 0 atom stereocenters. The van der Waals surface area contributed by atoms with Crippen molar-refractivity contribution in [2.24, 2.45) is 0 Å². The van der Waals surface area contributed by atoms with Gasteiger partial charge in [0, 0.05) is 6.07 Å². The van der Waals surface area contributed by atoms with Gasteiger partial charge in [0.05, 0.1) is 28.5 Å². The highest BCUT2D eigenvalue weighted by atomic mass is 79.9. The average Bonchev–Trinajstić information content (AvgIpc) is 2.28. The number of rotatable bonds is 5. The third-order valence-electron chi connectivity index (χ3n) is 2.11. The zero-order valence-corrected chi connectivity index (χ0v) is 13.1. The number of nitro benzene ring substituents is 1. The minimum atomic E-state index is -0.538. The molecule has 7 heteroatoms. The molecule has 0 aliphatic carbocycles. The van der Waals surface area contributed by atoms with Gasteiger partial charge in [-0.25, -0.2) is 0 Å². The molecule has 0 aromatic heterocycles. The molecule has 0 aliphatic rings. The minimum Gasteiger partial charge on any atom is -0.492 e. The van der Waals surface area contributed by atoms with E-state index in [9.17, 15) is 14.9 Å². The summed E-state index contributed by atoms with van der Waals surface area (Å²) >= 11 is 3.23. The van der Waals surface area contributed by atoms with E-state index in [1.165, 1.54) is 18.2 Å². The van der Waals surface area contributed by atoms with Crippen LogP contribution in [0.25, 0.3) is 0 Å². The molecule has 0 heterocycles. The molecule has 0 spiro atoms. The van der Waals surface area contributed by atoms with Gasteiger partial charge >= 0.3 is 5.97 Å². The number of esters is 1. The lowest BCUT2D eigenvalue weighted by Gasteiger charge is -2.19. The topological polar surface area (TPSA) is 78.7 Å². The summed E-state index contributed by atoms with van der Waals surface area (Å²) < 4.78 is 11.1. The van der Waals surface area contributed by atoms with Gasteiger partial charge in [-0.1, -0.05) is 0 Å². The Morgan fingerprint density at radius 2 is 2.05 bits per heavy atom. The number of hydrogen-bond donors (Lipinski definition) is 0. The highest BCUT2D eigenvalue weighted by molar-refractivity contribution is 9.10. The Balaban J connectivity index is 2.56. The van der Waals surface area contributed by atoms with Gasteiger partial charge in [0.2, 0.25) is 0 Å². The van der Waals surface area contributed by atoms with Crippen molar-refractivity contribution in [1.82, 2.24) is 0 Å². The normalized spacial score (nSPS) is 11.0. The van der Waals surface area contributed by atoms with Crippen LogP contribution in [0.5, 0.6) is 5.75 Å². The highest BCUT2D eigenvalue weighted by Crippen LogP contribution is 2.29. The van der Waals surface area contributed by atoms with Crippen LogP contribution in [-0.4, -0.2) is 23.1 Å². The van der Waals surface area contributed by atoms with Crippen LogP contribution >= 0.6 is 15.9 Å². The van der Waals surface area contributed by atoms with Gasteiger partial charge in [0.25, 0.3) is 5.69 Å². The molecule has 0 aliphatic heterocycles. The summed E-state index contributed by atoms with van der Waals surface area (Å²) in [6.07, 6.45) is 0.0758. The van der Waals surface area contributed by atoms with Crippen LogP contribution in [0.4, 0.5) is 5.69 Å². The van der Waals surface area contributed by atoms with E-state index in [1.54, 1.807) is 20.8 Å². The van der Waals surface area contributed by atoms with Crippen molar-refractivity contribution in [3.05, 3.63) is 32.8 Å². The summed E-state index contributed by atoms with van der Waals surface area (Å²) in [7, 11) is 0. The number of carbonyl (C=O) groups is 1. The molecule has 0 N–H and O–H groups in total. The first-order valence-electron chi connectivity index (χ1n) is 5.97. The molecule has 1 aromatic rings. The Labute approximate surface area is 125 Å². The van der Waals surface area contributed by atoms with E-state index < -0.39 is 10.5 Å². The summed E-state index contributed by atoms with van der Waals surface area (Å²) in [5, 5.41) is 10.7. The van der Waals surface area contributed by atoms with E-state index in [1.807, 2.05) is 0 Å². The molecule has 0 bridgehead atoms. The maximum absolute atomic E-state index is 11.5. The maximum atomic E-state index is 11.5. The molecule has 0 fully saturated rings. The molecule has 6 nitrogen and oxygen atoms in total. The lowest BCUT2D eigenvalue weighted by molar-refractivity contribution is -0.385. The Bertz CT molecular complexity index is 510. The monoisotopic (exact) mass is 345 g/mol. The van der Waals surface area contributed by atoms with Gasteiger partial charge in [-0.2, -0.15) is 0 Å². The SMILES string of the molecule is CC(C)(C)OC(=O)CCOc1cc([N+](=O)[O-])ccc1Br. The first kappa shape index (κ1) is 16.4. The molecular weight excluding hydrogens is 330 g/mol. The van der Waals surface area contributed by atoms with Gasteiger partial charge in [0.15, 0.2) is 0 Å². The van der Waals surface area contributed by atoms with Gasteiger partial charge in [0.1, 0.15) is 11.4 Å². The quantitative estimate of drug-likeness (QED) is 0.463. The van der Waals surface area contributed by atoms with E-state index >= 15 is 0 Å². The van der Waals surface area contributed by atoms with Crippen molar-refractivity contribution >= 4 is 27.6 Å². The van der Waals surface area contributed by atoms with Crippen molar-refractivity contribution in [3.63, 3.8) is 0 Å². The van der Waals surface area contributed by atoms with E-state index in [0.29, 0.717) is 10.2 Å². The van der Waals surface area contributed by atoms with E-state index in [0.717, 1.165) is 0 Å². The smallest absolute Gasteiger partial charge is 0.309 e.